The number of hydrogen-bond donors (Lipinski definition) is 1. The molecule has 1 aromatic carbocycles. The molecule has 0 aliphatic heterocycles. The first-order chi connectivity index (χ1) is 7.76. The van der Waals surface area contributed by atoms with E-state index in [4.69, 9.17) is 0 Å². The number of benzene rings is 1. The molecule has 0 saturated carbocycles. The lowest BCUT2D eigenvalue weighted by atomic mass is 9.97. The Morgan fingerprint density at radius 1 is 1.44 bits per heavy atom. The summed E-state index contributed by atoms with van der Waals surface area (Å²) < 4.78 is 13.0. The third-order valence-electron chi connectivity index (χ3n) is 2.64. The van der Waals surface area contributed by atoms with Gasteiger partial charge in [0.25, 0.3) is 0 Å². The molecule has 0 fully saturated rings. The van der Waals surface area contributed by atoms with Gasteiger partial charge in [-0.1, -0.05) is 12.1 Å². The van der Waals surface area contributed by atoms with Crippen molar-refractivity contribution in [3.8, 4) is 0 Å². The first-order valence-electron chi connectivity index (χ1n) is 5.64. The SMILES string of the molecule is CNCC(CCSC)Cc1cccc(F)c1. The fourth-order valence-corrected chi connectivity index (χ4v) is 2.42. The average Bonchev–Trinajstić information content (AvgIpc) is 2.26. The Kier molecular flexibility index (Phi) is 6.50. The lowest BCUT2D eigenvalue weighted by Crippen LogP contribution is -2.21. The van der Waals surface area contributed by atoms with Gasteiger partial charge in [-0.05, 0) is 62.1 Å². The van der Waals surface area contributed by atoms with Gasteiger partial charge < -0.3 is 5.32 Å². The van der Waals surface area contributed by atoms with E-state index in [0.717, 1.165) is 18.5 Å². The van der Waals surface area contributed by atoms with Crippen molar-refractivity contribution in [2.75, 3.05) is 25.6 Å². The zero-order valence-electron chi connectivity index (χ0n) is 10.0. The Bertz CT molecular complexity index is 304. The zero-order valence-corrected chi connectivity index (χ0v) is 10.8. The fraction of sp³-hybridized carbons (Fsp3) is 0.538. The maximum Gasteiger partial charge on any atom is 0.123 e. The summed E-state index contributed by atoms with van der Waals surface area (Å²) >= 11 is 1.87. The summed E-state index contributed by atoms with van der Waals surface area (Å²) in [5.41, 5.74) is 1.10. The molecular formula is C13H20FNS. The maximum absolute atomic E-state index is 13.0. The summed E-state index contributed by atoms with van der Waals surface area (Å²) in [7, 11) is 1.97. The maximum atomic E-state index is 13.0. The molecule has 0 aliphatic carbocycles. The van der Waals surface area contributed by atoms with Crippen molar-refractivity contribution in [2.24, 2.45) is 5.92 Å². The second kappa shape index (κ2) is 7.69. The van der Waals surface area contributed by atoms with E-state index < -0.39 is 0 Å². The van der Waals surface area contributed by atoms with Crippen molar-refractivity contribution in [2.45, 2.75) is 12.8 Å². The average molecular weight is 241 g/mol. The van der Waals surface area contributed by atoms with Crippen LogP contribution in [0.3, 0.4) is 0 Å². The Hall–Kier alpha value is -0.540. The van der Waals surface area contributed by atoms with Crippen molar-refractivity contribution in [1.82, 2.24) is 5.32 Å². The molecule has 0 spiro atoms. The van der Waals surface area contributed by atoms with Gasteiger partial charge in [0.2, 0.25) is 0 Å². The predicted molar refractivity (Wildman–Crippen MR) is 70.5 cm³/mol. The van der Waals surface area contributed by atoms with Crippen LogP contribution in [-0.4, -0.2) is 25.6 Å². The molecule has 0 aromatic heterocycles. The molecule has 90 valence electrons. The van der Waals surface area contributed by atoms with Crippen molar-refractivity contribution < 1.29 is 4.39 Å². The number of rotatable bonds is 7. The summed E-state index contributed by atoms with van der Waals surface area (Å²) in [4.78, 5) is 0. The van der Waals surface area contributed by atoms with Crippen molar-refractivity contribution in [1.29, 1.82) is 0 Å². The topological polar surface area (TPSA) is 12.0 Å². The van der Waals surface area contributed by atoms with E-state index in [1.54, 1.807) is 12.1 Å². The molecule has 0 amide bonds. The first-order valence-corrected chi connectivity index (χ1v) is 7.03. The van der Waals surface area contributed by atoms with E-state index in [1.165, 1.54) is 18.2 Å². The second-order valence-corrected chi connectivity index (χ2v) is 5.02. The Balaban J connectivity index is 2.52. The van der Waals surface area contributed by atoms with Gasteiger partial charge in [-0.15, -0.1) is 0 Å². The lowest BCUT2D eigenvalue weighted by Gasteiger charge is -2.16. The van der Waals surface area contributed by atoms with Gasteiger partial charge in [0.05, 0.1) is 0 Å². The third kappa shape index (κ3) is 4.99. The third-order valence-corrected chi connectivity index (χ3v) is 3.28. The van der Waals surface area contributed by atoms with Crippen LogP contribution in [-0.2, 0) is 6.42 Å². The van der Waals surface area contributed by atoms with Gasteiger partial charge >= 0.3 is 0 Å². The van der Waals surface area contributed by atoms with Crippen molar-refractivity contribution >= 4 is 11.8 Å². The van der Waals surface area contributed by atoms with Crippen LogP contribution in [0.5, 0.6) is 0 Å². The highest BCUT2D eigenvalue weighted by Gasteiger charge is 2.08. The molecule has 1 N–H and O–H groups in total. The Morgan fingerprint density at radius 2 is 2.25 bits per heavy atom. The molecule has 1 nitrogen and oxygen atoms in total. The second-order valence-electron chi connectivity index (χ2n) is 4.04. The van der Waals surface area contributed by atoms with Gasteiger partial charge in [-0.2, -0.15) is 11.8 Å². The molecule has 0 bridgehead atoms. The zero-order chi connectivity index (χ0) is 11.8. The summed E-state index contributed by atoms with van der Waals surface area (Å²) in [6.07, 6.45) is 4.26. The minimum absolute atomic E-state index is 0.134. The van der Waals surface area contributed by atoms with E-state index in [9.17, 15) is 4.39 Å². The van der Waals surface area contributed by atoms with Crippen LogP contribution < -0.4 is 5.32 Å². The van der Waals surface area contributed by atoms with Gasteiger partial charge in [0.1, 0.15) is 5.82 Å². The van der Waals surface area contributed by atoms with E-state index >= 15 is 0 Å². The highest BCUT2D eigenvalue weighted by atomic mass is 32.2. The molecular weight excluding hydrogens is 221 g/mol. The Morgan fingerprint density at radius 3 is 2.88 bits per heavy atom. The molecule has 1 aromatic rings. The summed E-state index contributed by atoms with van der Waals surface area (Å²) in [6, 6.07) is 6.93. The normalized spacial score (nSPS) is 12.7. The lowest BCUT2D eigenvalue weighted by molar-refractivity contribution is 0.483. The van der Waals surface area contributed by atoms with Gasteiger partial charge in [-0.25, -0.2) is 4.39 Å². The summed E-state index contributed by atoms with van der Waals surface area (Å²) in [5.74, 6) is 1.63. The first kappa shape index (κ1) is 13.5. The van der Waals surface area contributed by atoms with Crippen LogP contribution in [0, 0.1) is 11.7 Å². The molecule has 1 unspecified atom stereocenters. The van der Waals surface area contributed by atoms with E-state index in [-0.39, 0.29) is 5.82 Å². The molecule has 0 heterocycles. The van der Waals surface area contributed by atoms with Gasteiger partial charge in [0, 0.05) is 0 Å². The van der Waals surface area contributed by atoms with Crippen LogP contribution in [0.4, 0.5) is 4.39 Å². The van der Waals surface area contributed by atoms with Crippen molar-refractivity contribution in [3.05, 3.63) is 35.6 Å². The van der Waals surface area contributed by atoms with Crippen LogP contribution in [0.2, 0.25) is 0 Å². The van der Waals surface area contributed by atoms with Crippen LogP contribution in [0.25, 0.3) is 0 Å². The van der Waals surface area contributed by atoms with Crippen LogP contribution in [0.15, 0.2) is 24.3 Å². The molecule has 1 atom stereocenters. The minimum atomic E-state index is -0.134. The quantitative estimate of drug-likeness (QED) is 0.787. The molecule has 0 saturated heterocycles. The van der Waals surface area contributed by atoms with Crippen molar-refractivity contribution in [3.63, 3.8) is 0 Å². The smallest absolute Gasteiger partial charge is 0.123 e. The predicted octanol–water partition coefficient (Wildman–Crippen LogP) is 2.96. The number of halogens is 1. The monoisotopic (exact) mass is 241 g/mol. The molecule has 3 heteroatoms. The largest absolute Gasteiger partial charge is 0.319 e. The Labute approximate surface area is 102 Å². The number of thioether (sulfide) groups is 1. The minimum Gasteiger partial charge on any atom is -0.319 e. The van der Waals surface area contributed by atoms with Gasteiger partial charge in [-0.3, -0.25) is 0 Å². The van der Waals surface area contributed by atoms with E-state index in [1.807, 2.05) is 24.9 Å². The molecule has 0 radical (unpaired) electrons. The summed E-state index contributed by atoms with van der Waals surface area (Å²) in [6.45, 7) is 0.997. The summed E-state index contributed by atoms with van der Waals surface area (Å²) in [5, 5.41) is 3.21. The molecule has 1 rings (SSSR count). The highest BCUT2D eigenvalue weighted by Crippen LogP contribution is 2.15. The standard InChI is InChI=1S/C13H20FNS/c1-15-10-12(6-7-16-2)8-11-4-3-5-13(14)9-11/h3-5,9,12,15H,6-8,10H2,1-2H3. The van der Waals surface area contributed by atoms with Crippen LogP contribution in [0.1, 0.15) is 12.0 Å². The highest BCUT2D eigenvalue weighted by molar-refractivity contribution is 7.98. The van der Waals surface area contributed by atoms with Crippen LogP contribution >= 0.6 is 11.8 Å². The van der Waals surface area contributed by atoms with Gasteiger partial charge in [0.15, 0.2) is 0 Å². The fourth-order valence-electron chi connectivity index (χ4n) is 1.85. The van der Waals surface area contributed by atoms with E-state index in [0.29, 0.717) is 5.92 Å². The molecule has 16 heavy (non-hydrogen) atoms. The number of nitrogens with one attached hydrogen (secondary N) is 1. The van der Waals surface area contributed by atoms with E-state index in [2.05, 4.69) is 11.6 Å². The molecule has 0 aliphatic rings. The number of hydrogen-bond acceptors (Lipinski definition) is 2.